The Bertz CT molecular complexity index is 781. The van der Waals surface area contributed by atoms with Crippen LogP contribution in [-0.2, 0) is 10.5 Å². The molecule has 7 heteroatoms. The van der Waals surface area contributed by atoms with Crippen LogP contribution in [0.25, 0.3) is 11.4 Å². The average Bonchev–Trinajstić information content (AvgIpc) is 2.69. The number of hydrogen-bond acceptors (Lipinski definition) is 7. The quantitative estimate of drug-likeness (QED) is 0.884. The Hall–Kier alpha value is -1.83. The highest BCUT2D eigenvalue weighted by Crippen LogP contribution is 2.35. The number of aliphatic hydroxyl groups is 1. The summed E-state index contributed by atoms with van der Waals surface area (Å²) in [5.41, 5.74) is 2.74. The second-order valence-corrected chi connectivity index (χ2v) is 7.35. The van der Waals surface area contributed by atoms with Crippen LogP contribution in [0.3, 0.4) is 0 Å². The van der Waals surface area contributed by atoms with E-state index in [1.807, 2.05) is 18.2 Å². The van der Waals surface area contributed by atoms with E-state index >= 15 is 0 Å². The van der Waals surface area contributed by atoms with E-state index in [0.29, 0.717) is 18.9 Å². The van der Waals surface area contributed by atoms with Gasteiger partial charge in [-0.15, -0.1) is 0 Å². The summed E-state index contributed by atoms with van der Waals surface area (Å²) in [5.74, 6) is 3.22. The number of thioether (sulfide) groups is 1. The highest BCUT2D eigenvalue weighted by Gasteiger charge is 2.21. The SMILES string of the molecule is CSCc1cc(N2CCOCC2)nc(-c2ccc3c(c2)C(O)CCO3)n1. The van der Waals surface area contributed by atoms with Gasteiger partial charge in [-0.25, -0.2) is 9.97 Å². The van der Waals surface area contributed by atoms with E-state index in [1.54, 1.807) is 11.8 Å². The molecule has 2 aliphatic rings. The van der Waals surface area contributed by atoms with Gasteiger partial charge < -0.3 is 19.5 Å². The van der Waals surface area contributed by atoms with Crippen molar-refractivity contribution in [3.8, 4) is 17.1 Å². The summed E-state index contributed by atoms with van der Waals surface area (Å²) in [6.45, 7) is 3.67. The van der Waals surface area contributed by atoms with Crippen molar-refractivity contribution < 1.29 is 14.6 Å². The van der Waals surface area contributed by atoms with Crippen molar-refractivity contribution in [3.05, 3.63) is 35.5 Å². The zero-order valence-electron chi connectivity index (χ0n) is 14.9. The van der Waals surface area contributed by atoms with Crippen LogP contribution in [0.4, 0.5) is 5.82 Å². The third-order valence-electron chi connectivity index (χ3n) is 4.67. The Morgan fingerprint density at radius 3 is 2.85 bits per heavy atom. The highest BCUT2D eigenvalue weighted by molar-refractivity contribution is 7.97. The van der Waals surface area contributed by atoms with Gasteiger partial charge >= 0.3 is 0 Å². The molecule has 2 aromatic rings. The second kappa shape index (κ2) is 7.82. The molecule has 0 bridgehead atoms. The van der Waals surface area contributed by atoms with Crippen molar-refractivity contribution in [1.29, 1.82) is 0 Å². The molecule has 138 valence electrons. The number of aromatic nitrogens is 2. The van der Waals surface area contributed by atoms with Crippen molar-refractivity contribution in [3.63, 3.8) is 0 Å². The maximum absolute atomic E-state index is 10.3. The van der Waals surface area contributed by atoms with Gasteiger partial charge in [0.1, 0.15) is 11.6 Å². The summed E-state index contributed by atoms with van der Waals surface area (Å²) in [5, 5.41) is 10.3. The molecular formula is C19H23N3O3S. The minimum Gasteiger partial charge on any atom is -0.493 e. The van der Waals surface area contributed by atoms with Gasteiger partial charge in [-0.2, -0.15) is 11.8 Å². The minimum atomic E-state index is -0.494. The molecule has 0 aliphatic carbocycles. The predicted molar refractivity (Wildman–Crippen MR) is 103 cm³/mol. The molecule has 1 aromatic heterocycles. The van der Waals surface area contributed by atoms with Crippen LogP contribution in [0.1, 0.15) is 23.8 Å². The molecule has 4 rings (SSSR count). The van der Waals surface area contributed by atoms with E-state index in [4.69, 9.17) is 19.4 Å². The molecule has 26 heavy (non-hydrogen) atoms. The fourth-order valence-electron chi connectivity index (χ4n) is 3.30. The lowest BCUT2D eigenvalue weighted by molar-refractivity contribution is 0.115. The number of fused-ring (bicyclic) bond motifs is 1. The van der Waals surface area contributed by atoms with Crippen LogP contribution in [-0.4, -0.2) is 54.2 Å². The Kier molecular flexibility index (Phi) is 5.28. The maximum atomic E-state index is 10.3. The third-order valence-corrected chi connectivity index (χ3v) is 5.25. The molecule has 1 atom stereocenters. The Labute approximate surface area is 157 Å². The molecule has 0 spiro atoms. The van der Waals surface area contributed by atoms with Gasteiger partial charge in [-0.05, 0) is 24.5 Å². The number of aliphatic hydroxyl groups excluding tert-OH is 1. The van der Waals surface area contributed by atoms with Gasteiger partial charge in [0, 0.05) is 42.5 Å². The van der Waals surface area contributed by atoms with Crippen LogP contribution >= 0.6 is 11.8 Å². The fraction of sp³-hybridized carbons (Fsp3) is 0.474. The van der Waals surface area contributed by atoms with Gasteiger partial charge in [0.25, 0.3) is 0 Å². The molecule has 3 heterocycles. The Morgan fingerprint density at radius 1 is 1.19 bits per heavy atom. The van der Waals surface area contributed by atoms with Gasteiger partial charge in [0.05, 0.1) is 31.6 Å². The van der Waals surface area contributed by atoms with Crippen LogP contribution in [0.15, 0.2) is 24.3 Å². The van der Waals surface area contributed by atoms with E-state index in [2.05, 4.69) is 17.2 Å². The van der Waals surface area contributed by atoms with E-state index in [1.165, 1.54) is 0 Å². The first kappa shape index (κ1) is 17.6. The topological polar surface area (TPSA) is 67.7 Å². The number of hydrogen-bond donors (Lipinski definition) is 1. The largest absolute Gasteiger partial charge is 0.493 e. The molecule has 2 aliphatic heterocycles. The summed E-state index contributed by atoms with van der Waals surface area (Å²) < 4.78 is 11.1. The first-order valence-corrected chi connectivity index (χ1v) is 10.3. The molecule has 1 aromatic carbocycles. The van der Waals surface area contributed by atoms with Crippen LogP contribution in [0, 0.1) is 0 Å². The molecule has 0 radical (unpaired) electrons. The molecule has 1 saturated heterocycles. The second-order valence-electron chi connectivity index (χ2n) is 6.48. The Balaban J connectivity index is 1.73. The van der Waals surface area contributed by atoms with Crippen molar-refractivity contribution in [2.45, 2.75) is 18.3 Å². The lowest BCUT2D eigenvalue weighted by atomic mass is 10.0. The van der Waals surface area contributed by atoms with Crippen LogP contribution in [0.2, 0.25) is 0 Å². The number of nitrogens with zero attached hydrogens (tertiary/aromatic N) is 3. The summed E-state index contributed by atoms with van der Waals surface area (Å²) in [7, 11) is 0. The lowest BCUT2D eigenvalue weighted by Crippen LogP contribution is -2.37. The van der Waals surface area contributed by atoms with E-state index in [0.717, 1.165) is 60.4 Å². The molecular weight excluding hydrogens is 350 g/mol. The van der Waals surface area contributed by atoms with Crippen LogP contribution in [0.5, 0.6) is 5.75 Å². The van der Waals surface area contributed by atoms with Crippen LogP contribution < -0.4 is 9.64 Å². The predicted octanol–water partition coefficient (Wildman–Crippen LogP) is 2.66. The number of anilines is 1. The van der Waals surface area contributed by atoms with Gasteiger partial charge in [0.2, 0.25) is 0 Å². The molecule has 6 nitrogen and oxygen atoms in total. The normalized spacial score (nSPS) is 19.8. The number of benzene rings is 1. The van der Waals surface area contributed by atoms with E-state index in [9.17, 15) is 5.11 Å². The van der Waals surface area contributed by atoms with Crippen molar-refractivity contribution in [2.75, 3.05) is 44.1 Å². The van der Waals surface area contributed by atoms with Crippen molar-refractivity contribution in [1.82, 2.24) is 9.97 Å². The first-order chi connectivity index (χ1) is 12.7. The summed E-state index contributed by atoms with van der Waals surface area (Å²) in [4.78, 5) is 11.8. The molecule has 0 saturated carbocycles. The zero-order valence-corrected chi connectivity index (χ0v) is 15.7. The van der Waals surface area contributed by atoms with Gasteiger partial charge in [-0.3, -0.25) is 0 Å². The molecule has 1 unspecified atom stereocenters. The maximum Gasteiger partial charge on any atom is 0.161 e. The van der Waals surface area contributed by atoms with Gasteiger partial charge in [0.15, 0.2) is 5.82 Å². The zero-order chi connectivity index (χ0) is 17.9. The number of ether oxygens (including phenoxy) is 2. The van der Waals surface area contributed by atoms with E-state index < -0.39 is 6.10 Å². The standard InChI is InChI=1S/C19H23N3O3S/c1-26-12-14-11-18(22-5-8-24-9-6-22)21-19(20-14)13-2-3-17-15(10-13)16(23)4-7-25-17/h2-3,10-11,16,23H,4-9,12H2,1H3. The summed E-state index contributed by atoms with van der Waals surface area (Å²) >= 11 is 1.74. The molecule has 0 amide bonds. The smallest absolute Gasteiger partial charge is 0.161 e. The fourth-order valence-corrected chi connectivity index (χ4v) is 3.75. The van der Waals surface area contributed by atoms with Crippen molar-refractivity contribution >= 4 is 17.6 Å². The third kappa shape index (κ3) is 3.65. The molecule has 1 N–H and O–H groups in total. The molecule has 1 fully saturated rings. The summed E-state index contributed by atoms with van der Waals surface area (Å²) in [6.07, 6.45) is 2.19. The lowest BCUT2D eigenvalue weighted by Gasteiger charge is -2.28. The summed E-state index contributed by atoms with van der Waals surface area (Å²) in [6, 6.07) is 7.91. The number of morpholine rings is 1. The van der Waals surface area contributed by atoms with Crippen molar-refractivity contribution in [2.24, 2.45) is 0 Å². The first-order valence-electron chi connectivity index (χ1n) is 8.89. The monoisotopic (exact) mass is 373 g/mol. The highest BCUT2D eigenvalue weighted by atomic mass is 32.2. The average molecular weight is 373 g/mol. The van der Waals surface area contributed by atoms with E-state index in [-0.39, 0.29) is 0 Å². The number of rotatable bonds is 4. The minimum absolute atomic E-state index is 0.494. The Morgan fingerprint density at radius 2 is 2.04 bits per heavy atom. The van der Waals surface area contributed by atoms with Gasteiger partial charge in [-0.1, -0.05) is 0 Å².